The molecule has 0 aliphatic carbocycles. The minimum Gasteiger partial charge on any atom is -0.507 e. The number of nitrogens with one attached hydrogen (secondary N) is 1. The minimum atomic E-state index is -1.04. The third-order valence-electron chi connectivity index (χ3n) is 6.76. The van der Waals surface area contributed by atoms with E-state index in [2.05, 4.69) is 46.1 Å². The second kappa shape index (κ2) is 10.5. The molecule has 0 saturated carbocycles. The number of phenolic OH excluding ortho intramolecular Hbond substituents is 1. The second-order valence-corrected chi connectivity index (χ2v) is 9.85. The molecule has 1 aliphatic rings. The molecule has 0 bridgehead atoms. The van der Waals surface area contributed by atoms with Crippen LogP contribution in [0.1, 0.15) is 31.4 Å². The van der Waals surface area contributed by atoms with Crippen LogP contribution >= 0.6 is 15.9 Å². The van der Waals surface area contributed by atoms with Gasteiger partial charge in [0.2, 0.25) is 5.91 Å². The highest BCUT2D eigenvalue weighted by Crippen LogP contribution is 2.41. The number of aliphatic carboxylic acids is 1. The Morgan fingerprint density at radius 1 is 1.25 bits per heavy atom. The maximum atomic E-state index is 12.8. The standard InChI is InChI=1S/C25H31BrN2O4/c1-17-15-28(11-10-25(17,2)20-8-9-21(26)22(29)13-20)16-19(24(32)27-14-23(30)31)12-18-6-4-3-5-7-18/h3-9,13,17,19,29H,10-12,14-16H2,1-2H3,(H,27,32)(H,30,31). The molecule has 1 fully saturated rings. The van der Waals surface area contributed by atoms with Crippen molar-refractivity contribution >= 4 is 27.8 Å². The Bertz CT molecular complexity index is 952. The van der Waals surface area contributed by atoms with Crippen LogP contribution in [0.25, 0.3) is 0 Å². The zero-order valence-corrected chi connectivity index (χ0v) is 20.1. The number of piperidine rings is 1. The van der Waals surface area contributed by atoms with Crippen molar-refractivity contribution in [2.45, 2.75) is 32.1 Å². The first kappa shape index (κ1) is 24.3. The molecule has 0 radical (unpaired) electrons. The van der Waals surface area contributed by atoms with Gasteiger partial charge in [-0.1, -0.05) is 50.2 Å². The maximum absolute atomic E-state index is 12.8. The average molecular weight is 503 g/mol. The minimum absolute atomic E-state index is 0.0742. The van der Waals surface area contributed by atoms with Crippen molar-refractivity contribution in [3.05, 3.63) is 64.1 Å². The highest BCUT2D eigenvalue weighted by molar-refractivity contribution is 9.10. The molecule has 1 aliphatic heterocycles. The molecule has 3 atom stereocenters. The van der Waals surface area contributed by atoms with Crippen LogP contribution in [0.4, 0.5) is 0 Å². The Kier molecular flexibility index (Phi) is 7.96. The van der Waals surface area contributed by atoms with Gasteiger partial charge in [0.25, 0.3) is 0 Å². The number of carbonyl (C=O) groups is 2. The smallest absolute Gasteiger partial charge is 0.322 e. The van der Waals surface area contributed by atoms with E-state index in [9.17, 15) is 14.7 Å². The molecule has 7 heteroatoms. The van der Waals surface area contributed by atoms with Crippen molar-refractivity contribution in [2.24, 2.45) is 11.8 Å². The van der Waals surface area contributed by atoms with Crippen LogP contribution in [0.2, 0.25) is 0 Å². The molecule has 1 saturated heterocycles. The van der Waals surface area contributed by atoms with Gasteiger partial charge in [-0.15, -0.1) is 0 Å². The number of rotatable bonds is 8. The number of carboxylic acids is 1. The number of phenols is 1. The van der Waals surface area contributed by atoms with Crippen LogP contribution in [0.3, 0.4) is 0 Å². The largest absolute Gasteiger partial charge is 0.507 e. The lowest BCUT2D eigenvalue weighted by Crippen LogP contribution is -2.50. The van der Waals surface area contributed by atoms with Gasteiger partial charge in [0.1, 0.15) is 12.3 Å². The summed E-state index contributed by atoms with van der Waals surface area (Å²) in [7, 11) is 0. The average Bonchev–Trinajstić information content (AvgIpc) is 2.76. The Labute approximate surface area is 197 Å². The molecule has 32 heavy (non-hydrogen) atoms. The van der Waals surface area contributed by atoms with E-state index < -0.39 is 5.97 Å². The van der Waals surface area contributed by atoms with E-state index in [1.165, 1.54) is 0 Å². The van der Waals surface area contributed by atoms with Gasteiger partial charge < -0.3 is 20.4 Å². The summed E-state index contributed by atoms with van der Waals surface area (Å²) >= 11 is 3.35. The number of carbonyl (C=O) groups excluding carboxylic acids is 1. The highest BCUT2D eigenvalue weighted by Gasteiger charge is 2.39. The molecule has 3 N–H and O–H groups in total. The zero-order chi connectivity index (χ0) is 23.3. The Morgan fingerprint density at radius 3 is 2.59 bits per heavy atom. The molecule has 3 rings (SSSR count). The van der Waals surface area contributed by atoms with Gasteiger partial charge in [0.15, 0.2) is 0 Å². The number of benzene rings is 2. The summed E-state index contributed by atoms with van der Waals surface area (Å²) in [6.07, 6.45) is 1.47. The maximum Gasteiger partial charge on any atom is 0.322 e. The number of amides is 1. The van der Waals surface area contributed by atoms with Crippen molar-refractivity contribution in [2.75, 3.05) is 26.2 Å². The SMILES string of the molecule is CC1CN(CC(Cc2ccccc2)C(=O)NCC(=O)O)CCC1(C)c1ccc(Br)c(O)c1. The molecule has 172 valence electrons. The molecular weight excluding hydrogens is 472 g/mol. The first-order chi connectivity index (χ1) is 15.2. The van der Waals surface area contributed by atoms with E-state index in [0.29, 0.717) is 23.4 Å². The fourth-order valence-corrected chi connectivity index (χ4v) is 4.78. The summed E-state index contributed by atoms with van der Waals surface area (Å²) in [4.78, 5) is 26.0. The van der Waals surface area contributed by atoms with E-state index in [1.807, 2.05) is 42.5 Å². The number of halogens is 1. The molecular formula is C25H31BrN2O4. The summed E-state index contributed by atoms with van der Waals surface area (Å²) < 4.78 is 0.686. The van der Waals surface area contributed by atoms with E-state index >= 15 is 0 Å². The summed E-state index contributed by atoms with van der Waals surface area (Å²) in [6.45, 7) is 6.30. The predicted molar refractivity (Wildman–Crippen MR) is 128 cm³/mol. The Balaban J connectivity index is 1.70. The lowest BCUT2D eigenvalue weighted by Gasteiger charge is -2.45. The van der Waals surface area contributed by atoms with Crippen LogP contribution in [-0.2, 0) is 21.4 Å². The summed E-state index contributed by atoms with van der Waals surface area (Å²) in [6, 6.07) is 15.6. The molecule has 2 aromatic rings. The van der Waals surface area contributed by atoms with Gasteiger partial charge in [0.05, 0.1) is 10.4 Å². The van der Waals surface area contributed by atoms with E-state index in [-0.39, 0.29) is 29.5 Å². The number of nitrogens with zero attached hydrogens (tertiary/aromatic N) is 1. The topological polar surface area (TPSA) is 89.9 Å². The van der Waals surface area contributed by atoms with Gasteiger partial charge in [-0.25, -0.2) is 0 Å². The van der Waals surface area contributed by atoms with E-state index in [0.717, 1.165) is 30.6 Å². The number of hydrogen-bond acceptors (Lipinski definition) is 4. The summed E-state index contributed by atoms with van der Waals surface area (Å²) in [5.74, 6) is -1.04. The van der Waals surface area contributed by atoms with E-state index in [1.54, 1.807) is 0 Å². The van der Waals surface area contributed by atoms with Gasteiger partial charge in [-0.05, 0) is 69.9 Å². The fourth-order valence-electron chi connectivity index (χ4n) is 4.54. The predicted octanol–water partition coefficient (Wildman–Crippen LogP) is 3.81. The van der Waals surface area contributed by atoms with Gasteiger partial charge >= 0.3 is 5.97 Å². The third-order valence-corrected chi connectivity index (χ3v) is 7.43. The Hall–Kier alpha value is -2.38. The molecule has 3 unspecified atom stereocenters. The number of likely N-dealkylation sites (tertiary alicyclic amines) is 1. The first-order valence-electron chi connectivity index (χ1n) is 10.9. The highest BCUT2D eigenvalue weighted by atomic mass is 79.9. The van der Waals surface area contributed by atoms with Crippen molar-refractivity contribution in [1.82, 2.24) is 10.2 Å². The molecule has 1 amide bonds. The fraction of sp³-hybridized carbons (Fsp3) is 0.440. The molecule has 1 heterocycles. The quantitative estimate of drug-likeness (QED) is 0.510. The van der Waals surface area contributed by atoms with Crippen molar-refractivity contribution in [1.29, 1.82) is 0 Å². The number of aromatic hydroxyl groups is 1. The monoisotopic (exact) mass is 502 g/mol. The molecule has 0 aromatic heterocycles. The van der Waals surface area contributed by atoms with Crippen molar-refractivity contribution in [3.63, 3.8) is 0 Å². The van der Waals surface area contributed by atoms with Crippen LogP contribution in [0.5, 0.6) is 5.75 Å². The first-order valence-corrected chi connectivity index (χ1v) is 11.7. The lowest BCUT2D eigenvalue weighted by atomic mass is 9.68. The number of hydrogen-bond donors (Lipinski definition) is 3. The summed E-state index contributed by atoms with van der Waals surface area (Å²) in [5, 5.41) is 21.7. The Morgan fingerprint density at radius 2 is 1.97 bits per heavy atom. The molecule has 2 aromatic carbocycles. The van der Waals surface area contributed by atoms with Crippen LogP contribution < -0.4 is 5.32 Å². The van der Waals surface area contributed by atoms with Crippen LogP contribution in [-0.4, -0.2) is 53.2 Å². The summed E-state index contributed by atoms with van der Waals surface area (Å²) in [5.41, 5.74) is 2.10. The molecule has 0 spiro atoms. The zero-order valence-electron chi connectivity index (χ0n) is 18.6. The van der Waals surface area contributed by atoms with E-state index in [4.69, 9.17) is 5.11 Å². The normalized spacial score (nSPS) is 22.3. The van der Waals surface area contributed by atoms with Gasteiger partial charge in [-0.2, -0.15) is 0 Å². The molecule has 6 nitrogen and oxygen atoms in total. The number of carboxylic acid groups (broad SMARTS) is 1. The third kappa shape index (κ3) is 5.90. The van der Waals surface area contributed by atoms with Crippen LogP contribution in [0, 0.1) is 11.8 Å². The van der Waals surface area contributed by atoms with Crippen molar-refractivity contribution < 1.29 is 19.8 Å². The second-order valence-electron chi connectivity index (χ2n) is 8.99. The van der Waals surface area contributed by atoms with Crippen molar-refractivity contribution in [3.8, 4) is 5.75 Å². The van der Waals surface area contributed by atoms with Gasteiger partial charge in [-0.3, -0.25) is 9.59 Å². The lowest BCUT2D eigenvalue weighted by molar-refractivity contribution is -0.138. The van der Waals surface area contributed by atoms with Crippen LogP contribution in [0.15, 0.2) is 53.0 Å². The van der Waals surface area contributed by atoms with Gasteiger partial charge in [0, 0.05) is 13.1 Å².